The summed E-state index contributed by atoms with van der Waals surface area (Å²) in [6.45, 7) is 5.83. The van der Waals surface area contributed by atoms with Crippen molar-refractivity contribution in [2.75, 3.05) is 12.0 Å². The smallest absolute Gasteiger partial charge is 0.312 e. The molecule has 0 aliphatic carbocycles. The van der Waals surface area contributed by atoms with Crippen molar-refractivity contribution >= 4 is 41.0 Å². The van der Waals surface area contributed by atoms with E-state index in [1.807, 2.05) is 27.0 Å². The maximum Gasteiger partial charge on any atom is 0.312 e. The minimum atomic E-state index is -0.735. The van der Waals surface area contributed by atoms with Gasteiger partial charge in [0.2, 0.25) is 0 Å². The Kier molecular flexibility index (Phi) is 8.31. The number of nitrogens with two attached hydrogens (primary N) is 1. The number of amides is 3. The maximum atomic E-state index is 11.9. The minimum Gasteiger partial charge on any atom is -0.357 e. The molecule has 0 unspecified atom stereocenters. The summed E-state index contributed by atoms with van der Waals surface area (Å²) in [5.41, 5.74) is 9.88. The molecule has 0 saturated heterocycles. The van der Waals surface area contributed by atoms with E-state index in [0.717, 1.165) is 5.75 Å². The number of hydrogen-bond acceptors (Lipinski definition) is 4. The first-order valence-electron chi connectivity index (χ1n) is 6.08. The summed E-state index contributed by atoms with van der Waals surface area (Å²) in [6, 6.07) is -1.42. The third-order valence-corrected chi connectivity index (χ3v) is 2.88. The minimum absolute atomic E-state index is 0.210. The Balaban J connectivity index is 4.31. The van der Waals surface area contributed by atoms with Crippen LogP contribution >= 0.6 is 24.0 Å². The number of carbonyl (C=O) groups excluding carboxylic acids is 2. The highest BCUT2D eigenvalue weighted by Gasteiger charge is 2.19. The van der Waals surface area contributed by atoms with Crippen LogP contribution in [0.4, 0.5) is 4.79 Å². The van der Waals surface area contributed by atoms with E-state index in [0.29, 0.717) is 11.5 Å². The van der Waals surface area contributed by atoms with E-state index in [1.54, 1.807) is 11.8 Å². The van der Waals surface area contributed by atoms with Crippen LogP contribution in [0.1, 0.15) is 27.2 Å². The number of nitrogens with one attached hydrogen (secondary N) is 4. The molecule has 0 spiro atoms. The third-order valence-electron chi connectivity index (χ3n) is 2.03. The molecule has 0 fully saturated rings. The Morgan fingerprint density at radius 1 is 1.30 bits per heavy atom. The fourth-order valence-electron chi connectivity index (χ4n) is 1.25. The Morgan fingerprint density at radius 3 is 2.35 bits per heavy atom. The van der Waals surface area contributed by atoms with E-state index in [-0.39, 0.29) is 5.54 Å². The van der Waals surface area contributed by atoms with E-state index in [1.165, 1.54) is 0 Å². The molecule has 0 saturated carbocycles. The Bertz CT molecular complexity index is 357. The molecular formula is C11H23N5O2S2. The van der Waals surface area contributed by atoms with Gasteiger partial charge in [0.25, 0.3) is 5.91 Å². The average molecular weight is 321 g/mol. The molecule has 7 nitrogen and oxygen atoms in total. The molecule has 0 bridgehead atoms. The van der Waals surface area contributed by atoms with Crippen LogP contribution in [0, 0.1) is 0 Å². The lowest BCUT2D eigenvalue weighted by atomic mass is 10.1. The highest BCUT2D eigenvalue weighted by atomic mass is 32.2. The Labute approximate surface area is 129 Å². The topological polar surface area (TPSA) is 108 Å². The summed E-state index contributed by atoms with van der Waals surface area (Å²) < 4.78 is 0. The number of primary amides is 1. The van der Waals surface area contributed by atoms with Crippen LogP contribution < -0.4 is 27.2 Å². The van der Waals surface area contributed by atoms with Gasteiger partial charge in [-0.2, -0.15) is 11.8 Å². The lowest BCUT2D eigenvalue weighted by molar-refractivity contribution is -0.123. The first kappa shape index (κ1) is 18.8. The molecule has 9 heteroatoms. The number of carbonyl (C=O) groups is 2. The van der Waals surface area contributed by atoms with E-state index < -0.39 is 18.0 Å². The number of thioether (sulfide) groups is 1. The molecule has 3 amide bonds. The van der Waals surface area contributed by atoms with Gasteiger partial charge < -0.3 is 16.4 Å². The summed E-state index contributed by atoms with van der Waals surface area (Å²) in [6.07, 6.45) is 2.40. The second-order valence-corrected chi connectivity index (χ2v) is 6.55. The molecule has 0 heterocycles. The number of hydrogen-bond donors (Lipinski definition) is 5. The van der Waals surface area contributed by atoms with Crippen LogP contribution in [-0.4, -0.2) is 40.6 Å². The third kappa shape index (κ3) is 9.68. The second kappa shape index (κ2) is 8.85. The molecule has 0 aromatic rings. The van der Waals surface area contributed by atoms with Crippen molar-refractivity contribution < 1.29 is 9.59 Å². The van der Waals surface area contributed by atoms with E-state index in [2.05, 4.69) is 21.5 Å². The molecule has 0 aliphatic rings. The van der Waals surface area contributed by atoms with Crippen molar-refractivity contribution in [2.24, 2.45) is 5.73 Å². The van der Waals surface area contributed by atoms with E-state index in [9.17, 15) is 9.59 Å². The van der Waals surface area contributed by atoms with Gasteiger partial charge in [0, 0.05) is 5.54 Å². The van der Waals surface area contributed by atoms with Crippen molar-refractivity contribution in [3.63, 3.8) is 0 Å². The van der Waals surface area contributed by atoms with Crippen LogP contribution in [-0.2, 0) is 4.79 Å². The standard InChI is InChI=1S/C11H23N5O2S2/c1-11(2,3)14-10(19)16-15-8(17)7(5-6-20-4)13-9(12)18/h7H,5-6H2,1-4H3,(H,15,17)(H3,12,13,18)(H2,14,16,19)/t7-/m0/s1. The van der Waals surface area contributed by atoms with Gasteiger partial charge in [-0.05, 0) is 51.4 Å². The summed E-state index contributed by atoms with van der Waals surface area (Å²) in [7, 11) is 0. The van der Waals surface area contributed by atoms with Crippen LogP contribution in [0.15, 0.2) is 0 Å². The number of thiocarbonyl (C=S) groups is 1. The monoisotopic (exact) mass is 321 g/mol. The van der Waals surface area contributed by atoms with Gasteiger partial charge in [-0.1, -0.05) is 0 Å². The van der Waals surface area contributed by atoms with Gasteiger partial charge in [-0.3, -0.25) is 15.6 Å². The van der Waals surface area contributed by atoms with Gasteiger partial charge in [0.1, 0.15) is 6.04 Å². The predicted molar refractivity (Wildman–Crippen MR) is 86.3 cm³/mol. The maximum absolute atomic E-state index is 11.9. The molecule has 0 aliphatic heterocycles. The van der Waals surface area contributed by atoms with Crippen molar-refractivity contribution in [1.82, 2.24) is 21.5 Å². The number of rotatable bonds is 5. The fraction of sp³-hybridized carbons (Fsp3) is 0.727. The van der Waals surface area contributed by atoms with Gasteiger partial charge in [0.05, 0.1) is 0 Å². The lowest BCUT2D eigenvalue weighted by Gasteiger charge is -2.24. The summed E-state index contributed by atoms with van der Waals surface area (Å²) in [5.74, 6) is 0.333. The van der Waals surface area contributed by atoms with Gasteiger partial charge in [-0.25, -0.2) is 4.79 Å². The van der Waals surface area contributed by atoms with Crippen molar-refractivity contribution in [1.29, 1.82) is 0 Å². The first-order chi connectivity index (χ1) is 9.15. The van der Waals surface area contributed by atoms with Gasteiger partial charge in [0.15, 0.2) is 5.11 Å². The highest BCUT2D eigenvalue weighted by molar-refractivity contribution is 7.98. The zero-order valence-electron chi connectivity index (χ0n) is 12.2. The number of urea groups is 1. The molecular weight excluding hydrogens is 298 g/mol. The molecule has 0 radical (unpaired) electrons. The van der Waals surface area contributed by atoms with Crippen LogP contribution in [0.2, 0.25) is 0 Å². The van der Waals surface area contributed by atoms with Crippen LogP contribution in [0.25, 0.3) is 0 Å². The van der Waals surface area contributed by atoms with Crippen molar-refractivity contribution in [3.05, 3.63) is 0 Å². The predicted octanol–water partition coefficient (Wildman–Crippen LogP) is 0.0702. The SMILES string of the molecule is CSCC[C@H](NC(N)=O)C(=O)NNC(=S)NC(C)(C)C. The van der Waals surface area contributed by atoms with Gasteiger partial charge >= 0.3 is 6.03 Å². The quantitative estimate of drug-likeness (QED) is 0.362. The summed E-state index contributed by atoms with van der Waals surface area (Å²) in [4.78, 5) is 22.8. The molecule has 0 rings (SSSR count). The fourth-order valence-corrected chi connectivity index (χ4v) is 2.08. The average Bonchev–Trinajstić information content (AvgIpc) is 2.28. The first-order valence-corrected chi connectivity index (χ1v) is 7.89. The van der Waals surface area contributed by atoms with Crippen LogP contribution in [0.3, 0.4) is 0 Å². The lowest BCUT2D eigenvalue weighted by Crippen LogP contribution is -2.57. The Morgan fingerprint density at radius 2 is 1.90 bits per heavy atom. The molecule has 0 aromatic heterocycles. The highest BCUT2D eigenvalue weighted by Crippen LogP contribution is 2.01. The molecule has 0 aromatic carbocycles. The van der Waals surface area contributed by atoms with Crippen molar-refractivity contribution in [3.8, 4) is 0 Å². The van der Waals surface area contributed by atoms with Gasteiger partial charge in [-0.15, -0.1) is 0 Å². The molecule has 1 atom stereocenters. The van der Waals surface area contributed by atoms with Crippen molar-refractivity contribution in [2.45, 2.75) is 38.8 Å². The van der Waals surface area contributed by atoms with E-state index in [4.69, 9.17) is 18.0 Å². The summed E-state index contributed by atoms with van der Waals surface area (Å²) >= 11 is 6.61. The zero-order chi connectivity index (χ0) is 15.8. The second-order valence-electron chi connectivity index (χ2n) is 5.16. The normalized spacial score (nSPS) is 12.2. The number of hydrazine groups is 1. The van der Waals surface area contributed by atoms with E-state index >= 15 is 0 Å². The molecule has 6 N–H and O–H groups in total. The largest absolute Gasteiger partial charge is 0.357 e. The molecule has 20 heavy (non-hydrogen) atoms. The Hall–Kier alpha value is -1.22. The molecule has 116 valence electrons. The zero-order valence-corrected chi connectivity index (χ0v) is 13.8. The van der Waals surface area contributed by atoms with Crippen LogP contribution in [0.5, 0.6) is 0 Å². The summed E-state index contributed by atoms with van der Waals surface area (Å²) in [5, 5.41) is 5.68.